The van der Waals surface area contributed by atoms with Crippen molar-refractivity contribution >= 4 is 5.97 Å². The summed E-state index contributed by atoms with van der Waals surface area (Å²) >= 11 is 0. The zero-order chi connectivity index (χ0) is 13.4. The van der Waals surface area contributed by atoms with Crippen LogP contribution >= 0.6 is 0 Å². The number of hydrogen-bond acceptors (Lipinski definition) is 3. The molecule has 0 saturated heterocycles. The first kappa shape index (κ1) is 13.3. The van der Waals surface area contributed by atoms with Crippen LogP contribution in [0.15, 0.2) is 24.8 Å². The molecule has 1 fully saturated rings. The van der Waals surface area contributed by atoms with Gasteiger partial charge in [0.25, 0.3) is 0 Å². The molecular weight excluding hydrogens is 228 g/mol. The molecule has 4 atom stereocenters. The molecule has 1 saturated carbocycles. The first-order valence-electron chi connectivity index (χ1n) is 6.61. The van der Waals surface area contributed by atoms with E-state index in [9.17, 15) is 9.90 Å². The molecule has 0 aromatic rings. The minimum atomic E-state index is -0.957. The van der Waals surface area contributed by atoms with Gasteiger partial charge in [0, 0.05) is 19.3 Å². The fraction of sp³-hybridized carbons (Fsp3) is 0.667. The second-order valence-corrected chi connectivity index (χ2v) is 5.76. The van der Waals surface area contributed by atoms with Gasteiger partial charge in [0.05, 0.1) is 0 Å². The Bertz CT molecular complexity index is 383. The molecule has 3 nitrogen and oxygen atoms in total. The molecule has 0 spiro atoms. The van der Waals surface area contributed by atoms with Crippen LogP contribution in [0.2, 0.25) is 0 Å². The van der Waals surface area contributed by atoms with Crippen LogP contribution in [0.4, 0.5) is 0 Å². The molecule has 100 valence electrons. The predicted octanol–water partition coefficient (Wildman–Crippen LogP) is 2.60. The van der Waals surface area contributed by atoms with Crippen molar-refractivity contribution in [1.82, 2.24) is 0 Å². The lowest BCUT2D eigenvalue weighted by Gasteiger charge is -2.44. The normalized spacial score (nSPS) is 42.4. The van der Waals surface area contributed by atoms with Gasteiger partial charge in [-0.1, -0.05) is 18.2 Å². The second-order valence-electron chi connectivity index (χ2n) is 5.76. The van der Waals surface area contributed by atoms with E-state index in [2.05, 4.69) is 12.7 Å². The number of ether oxygens (including phenoxy) is 1. The number of carbonyl (C=O) groups is 1. The summed E-state index contributed by atoms with van der Waals surface area (Å²) < 4.78 is 5.62. The van der Waals surface area contributed by atoms with Crippen LogP contribution in [-0.2, 0) is 9.53 Å². The number of hydrogen-bond donors (Lipinski definition) is 1. The molecule has 2 aliphatic carbocycles. The lowest BCUT2D eigenvalue weighted by Crippen LogP contribution is -2.55. The maximum absolute atomic E-state index is 11.4. The molecule has 2 aliphatic rings. The third-order valence-corrected chi connectivity index (χ3v) is 4.51. The SMILES string of the molecule is C=CC[C@@H]1C[C@@](C)(O)[C@@]2(OC(C)=O)CC=CC[C@H]12. The molecule has 0 radical (unpaired) electrons. The van der Waals surface area contributed by atoms with Gasteiger partial charge in [0.2, 0.25) is 0 Å². The summed E-state index contributed by atoms with van der Waals surface area (Å²) in [4.78, 5) is 11.4. The molecule has 3 heteroatoms. The quantitative estimate of drug-likeness (QED) is 0.618. The molecule has 1 N–H and O–H groups in total. The Morgan fingerprint density at radius 1 is 1.61 bits per heavy atom. The minimum Gasteiger partial charge on any atom is -0.456 e. The minimum absolute atomic E-state index is 0.194. The molecule has 0 aromatic heterocycles. The van der Waals surface area contributed by atoms with Crippen molar-refractivity contribution in [1.29, 1.82) is 0 Å². The van der Waals surface area contributed by atoms with Crippen molar-refractivity contribution in [2.75, 3.05) is 0 Å². The number of allylic oxidation sites excluding steroid dienone is 2. The maximum Gasteiger partial charge on any atom is 0.303 e. The molecule has 0 bridgehead atoms. The van der Waals surface area contributed by atoms with Crippen LogP contribution in [0.25, 0.3) is 0 Å². The van der Waals surface area contributed by atoms with Crippen molar-refractivity contribution in [3.63, 3.8) is 0 Å². The van der Waals surface area contributed by atoms with Crippen LogP contribution in [0.5, 0.6) is 0 Å². The highest BCUT2D eigenvalue weighted by Crippen LogP contribution is 2.55. The van der Waals surface area contributed by atoms with Gasteiger partial charge in [0.15, 0.2) is 0 Å². The predicted molar refractivity (Wildman–Crippen MR) is 69.9 cm³/mol. The third-order valence-electron chi connectivity index (χ3n) is 4.51. The molecule has 18 heavy (non-hydrogen) atoms. The lowest BCUT2D eigenvalue weighted by atomic mass is 9.73. The van der Waals surface area contributed by atoms with E-state index in [1.807, 2.05) is 12.2 Å². The van der Waals surface area contributed by atoms with Gasteiger partial charge >= 0.3 is 5.97 Å². The Morgan fingerprint density at radius 3 is 2.94 bits per heavy atom. The van der Waals surface area contributed by atoms with Crippen molar-refractivity contribution in [2.24, 2.45) is 11.8 Å². The van der Waals surface area contributed by atoms with Crippen LogP contribution in [0, 0.1) is 11.8 Å². The Balaban J connectivity index is 2.38. The standard InChI is InChI=1S/C15H22O3/c1-4-7-12-10-14(3,17)15(18-11(2)16)9-6-5-8-13(12)15/h4-6,12-13,17H,1,7-10H2,2-3H3/t12-,13-,14-,15-/m1/s1. The highest BCUT2D eigenvalue weighted by molar-refractivity contribution is 5.67. The summed E-state index contributed by atoms with van der Waals surface area (Å²) in [5.74, 6) is 0.219. The zero-order valence-electron chi connectivity index (χ0n) is 11.2. The molecule has 0 unspecified atom stereocenters. The second kappa shape index (κ2) is 4.54. The van der Waals surface area contributed by atoms with Crippen molar-refractivity contribution in [2.45, 2.75) is 50.7 Å². The molecule has 0 heterocycles. The molecular formula is C15H22O3. The van der Waals surface area contributed by atoms with Crippen LogP contribution < -0.4 is 0 Å². The Kier molecular flexibility index (Phi) is 3.37. The number of rotatable bonds is 3. The van der Waals surface area contributed by atoms with E-state index in [1.54, 1.807) is 6.92 Å². The van der Waals surface area contributed by atoms with Crippen molar-refractivity contribution in [3.8, 4) is 0 Å². The fourth-order valence-corrected chi connectivity index (χ4v) is 3.81. The van der Waals surface area contributed by atoms with Crippen LogP contribution in [0.1, 0.15) is 39.5 Å². The van der Waals surface area contributed by atoms with Crippen LogP contribution in [-0.4, -0.2) is 22.3 Å². The van der Waals surface area contributed by atoms with E-state index in [0.29, 0.717) is 18.8 Å². The topological polar surface area (TPSA) is 46.5 Å². The summed E-state index contributed by atoms with van der Waals surface area (Å²) in [7, 11) is 0. The van der Waals surface area contributed by atoms with Gasteiger partial charge in [-0.2, -0.15) is 0 Å². The van der Waals surface area contributed by atoms with E-state index in [-0.39, 0.29) is 11.9 Å². The number of esters is 1. The van der Waals surface area contributed by atoms with Crippen molar-refractivity contribution < 1.29 is 14.6 Å². The molecule has 0 aromatic carbocycles. The highest BCUT2D eigenvalue weighted by Gasteiger charge is 2.63. The number of carbonyl (C=O) groups excluding carboxylic acids is 1. The first-order valence-corrected chi connectivity index (χ1v) is 6.61. The Morgan fingerprint density at radius 2 is 2.33 bits per heavy atom. The number of aliphatic hydroxyl groups is 1. The van der Waals surface area contributed by atoms with Crippen LogP contribution in [0.3, 0.4) is 0 Å². The van der Waals surface area contributed by atoms with E-state index < -0.39 is 11.2 Å². The van der Waals surface area contributed by atoms with E-state index >= 15 is 0 Å². The Hall–Kier alpha value is -1.09. The average molecular weight is 250 g/mol. The van der Waals surface area contributed by atoms with Gasteiger partial charge < -0.3 is 9.84 Å². The zero-order valence-corrected chi connectivity index (χ0v) is 11.2. The smallest absolute Gasteiger partial charge is 0.303 e. The average Bonchev–Trinajstić information content (AvgIpc) is 2.47. The maximum atomic E-state index is 11.4. The number of fused-ring (bicyclic) bond motifs is 1. The highest BCUT2D eigenvalue weighted by atomic mass is 16.6. The van der Waals surface area contributed by atoms with E-state index in [4.69, 9.17) is 4.74 Å². The summed E-state index contributed by atoms with van der Waals surface area (Å²) in [6.07, 6.45) is 9.03. The largest absolute Gasteiger partial charge is 0.456 e. The molecule has 2 rings (SSSR count). The van der Waals surface area contributed by atoms with Gasteiger partial charge in [-0.05, 0) is 32.1 Å². The fourth-order valence-electron chi connectivity index (χ4n) is 3.81. The third kappa shape index (κ3) is 1.91. The van der Waals surface area contributed by atoms with Gasteiger partial charge in [-0.3, -0.25) is 4.79 Å². The van der Waals surface area contributed by atoms with Gasteiger partial charge in [0.1, 0.15) is 11.2 Å². The monoisotopic (exact) mass is 250 g/mol. The van der Waals surface area contributed by atoms with Gasteiger partial charge in [-0.25, -0.2) is 0 Å². The van der Waals surface area contributed by atoms with E-state index in [0.717, 1.165) is 12.8 Å². The first-order chi connectivity index (χ1) is 8.43. The van der Waals surface area contributed by atoms with E-state index in [1.165, 1.54) is 6.92 Å². The lowest BCUT2D eigenvalue weighted by molar-refractivity contribution is -0.193. The molecule has 0 amide bonds. The summed E-state index contributed by atoms with van der Waals surface area (Å²) in [6.45, 7) is 7.00. The Labute approximate surface area is 109 Å². The van der Waals surface area contributed by atoms with Gasteiger partial charge in [-0.15, -0.1) is 6.58 Å². The van der Waals surface area contributed by atoms with Crippen molar-refractivity contribution in [3.05, 3.63) is 24.8 Å². The molecule has 0 aliphatic heterocycles. The summed E-state index contributed by atoms with van der Waals surface area (Å²) in [5.41, 5.74) is -1.71. The summed E-state index contributed by atoms with van der Waals surface area (Å²) in [6, 6.07) is 0. The summed E-state index contributed by atoms with van der Waals surface area (Å²) in [5, 5.41) is 10.7.